The molecule has 1 aromatic rings. The molecule has 0 spiro atoms. The Morgan fingerprint density at radius 3 is 3.00 bits per heavy atom. The molecule has 0 radical (unpaired) electrons. The van der Waals surface area contributed by atoms with Crippen LogP contribution < -0.4 is 5.32 Å². The van der Waals surface area contributed by atoms with Gasteiger partial charge in [0.25, 0.3) is 0 Å². The summed E-state index contributed by atoms with van der Waals surface area (Å²) in [4.78, 5) is 0. The molecule has 0 saturated carbocycles. The average Bonchev–Trinajstić information content (AvgIpc) is 2.64. The summed E-state index contributed by atoms with van der Waals surface area (Å²) in [6, 6.07) is 6.97. The maximum Gasteiger partial charge on any atom is 0.0668 e. The molecule has 14 heavy (non-hydrogen) atoms. The molecule has 76 valence electrons. The summed E-state index contributed by atoms with van der Waals surface area (Å²) in [6.07, 6.45) is 1.12. The van der Waals surface area contributed by atoms with Crippen LogP contribution in [0.3, 0.4) is 0 Å². The Bertz CT molecular complexity index is 321. The van der Waals surface area contributed by atoms with Crippen molar-refractivity contribution in [2.45, 2.75) is 19.4 Å². The van der Waals surface area contributed by atoms with Crippen LogP contribution in [0.2, 0.25) is 0 Å². The normalized spacial score (nSPS) is 21.1. The third-order valence-corrected chi connectivity index (χ3v) is 3.63. The Kier molecular flexibility index (Phi) is 3.28. The summed E-state index contributed by atoms with van der Waals surface area (Å²) in [5.41, 5.74) is 2.54. The number of hydrogen-bond donors (Lipinski definition) is 1. The van der Waals surface area contributed by atoms with E-state index in [0.717, 1.165) is 19.6 Å². The fraction of sp³-hybridized carbons (Fsp3) is 0.455. The summed E-state index contributed by atoms with van der Waals surface area (Å²) in [5.74, 6) is 0. The fourth-order valence-corrected chi connectivity index (χ4v) is 2.08. The SMILES string of the molecule is Cc1ccc(NC2CCOC2)cc1I. The van der Waals surface area contributed by atoms with E-state index in [1.807, 2.05) is 0 Å². The van der Waals surface area contributed by atoms with Crippen LogP contribution in [0, 0.1) is 10.5 Å². The van der Waals surface area contributed by atoms with Gasteiger partial charge >= 0.3 is 0 Å². The molecule has 2 nitrogen and oxygen atoms in total. The van der Waals surface area contributed by atoms with E-state index in [9.17, 15) is 0 Å². The van der Waals surface area contributed by atoms with E-state index in [1.54, 1.807) is 0 Å². The predicted molar refractivity (Wildman–Crippen MR) is 66.7 cm³/mol. The molecule has 0 amide bonds. The van der Waals surface area contributed by atoms with Gasteiger partial charge in [-0.25, -0.2) is 0 Å². The van der Waals surface area contributed by atoms with E-state index >= 15 is 0 Å². The van der Waals surface area contributed by atoms with Crippen molar-refractivity contribution in [3.05, 3.63) is 27.3 Å². The first kappa shape index (κ1) is 10.2. The average molecular weight is 303 g/mol. The van der Waals surface area contributed by atoms with Crippen LogP contribution in [0.5, 0.6) is 0 Å². The molecule has 0 bridgehead atoms. The highest BCUT2D eigenvalue weighted by Crippen LogP contribution is 2.19. The van der Waals surface area contributed by atoms with Gasteiger partial charge in [0.15, 0.2) is 0 Å². The second-order valence-electron chi connectivity index (χ2n) is 3.67. The lowest BCUT2D eigenvalue weighted by Crippen LogP contribution is -2.18. The van der Waals surface area contributed by atoms with Crippen LogP contribution in [-0.2, 0) is 4.74 Å². The Morgan fingerprint density at radius 2 is 2.36 bits per heavy atom. The van der Waals surface area contributed by atoms with Gasteiger partial charge in [0.05, 0.1) is 12.6 Å². The lowest BCUT2D eigenvalue weighted by atomic mass is 10.2. The predicted octanol–water partition coefficient (Wildman–Crippen LogP) is 2.80. The lowest BCUT2D eigenvalue weighted by Gasteiger charge is -2.12. The largest absolute Gasteiger partial charge is 0.380 e. The Hall–Kier alpha value is -0.290. The number of aryl methyl sites for hydroxylation is 1. The Morgan fingerprint density at radius 1 is 1.50 bits per heavy atom. The lowest BCUT2D eigenvalue weighted by molar-refractivity contribution is 0.195. The summed E-state index contributed by atoms with van der Waals surface area (Å²) < 4.78 is 6.63. The van der Waals surface area contributed by atoms with Crippen molar-refractivity contribution in [2.75, 3.05) is 18.5 Å². The number of benzene rings is 1. The minimum absolute atomic E-state index is 0.494. The minimum Gasteiger partial charge on any atom is -0.380 e. The summed E-state index contributed by atoms with van der Waals surface area (Å²) >= 11 is 2.37. The van der Waals surface area contributed by atoms with E-state index in [2.05, 4.69) is 53.0 Å². The van der Waals surface area contributed by atoms with E-state index in [1.165, 1.54) is 14.8 Å². The Balaban J connectivity index is 2.05. The zero-order valence-electron chi connectivity index (χ0n) is 8.22. The van der Waals surface area contributed by atoms with Crippen molar-refractivity contribution in [3.8, 4) is 0 Å². The smallest absolute Gasteiger partial charge is 0.0668 e. The van der Waals surface area contributed by atoms with Crippen molar-refractivity contribution >= 4 is 28.3 Å². The van der Waals surface area contributed by atoms with Crippen LogP contribution in [-0.4, -0.2) is 19.3 Å². The summed E-state index contributed by atoms with van der Waals surface area (Å²) in [7, 11) is 0. The van der Waals surface area contributed by atoms with E-state index in [-0.39, 0.29) is 0 Å². The third-order valence-electron chi connectivity index (χ3n) is 2.47. The number of rotatable bonds is 2. The molecule has 1 atom stereocenters. The van der Waals surface area contributed by atoms with Gasteiger partial charge in [0, 0.05) is 15.9 Å². The van der Waals surface area contributed by atoms with Crippen molar-refractivity contribution in [1.82, 2.24) is 0 Å². The van der Waals surface area contributed by atoms with Crippen molar-refractivity contribution in [2.24, 2.45) is 0 Å². The molecule has 1 heterocycles. The van der Waals surface area contributed by atoms with Gasteiger partial charge in [-0.3, -0.25) is 0 Å². The van der Waals surface area contributed by atoms with Crippen LogP contribution in [0.1, 0.15) is 12.0 Å². The van der Waals surface area contributed by atoms with Crippen LogP contribution in [0.4, 0.5) is 5.69 Å². The summed E-state index contributed by atoms with van der Waals surface area (Å²) in [5, 5.41) is 3.48. The highest BCUT2D eigenvalue weighted by molar-refractivity contribution is 14.1. The second-order valence-corrected chi connectivity index (χ2v) is 4.83. The monoisotopic (exact) mass is 303 g/mol. The van der Waals surface area contributed by atoms with Gasteiger partial charge in [-0.05, 0) is 53.6 Å². The molecule has 3 heteroatoms. The van der Waals surface area contributed by atoms with Crippen molar-refractivity contribution in [3.63, 3.8) is 0 Å². The molecule has 0 aromatic heterocycles. The van der Waals surface area contributed by atoms with Crippen LogP contribution >= 0.6 is 22.6 Å². The minimum atomic E-state index is 0.494. The number of anilines is 1. The quantitative estimate of drug-likeness (QED) is 0.848. The standard InChI is InChI=1S/C11H14INO/c1-8-2-3-9(6-11(8)12)13-10-4-5-14-7-10/h2-3,6,10,13H,4-5,7H2,1H3. The van der Waals surface area contributed by atoms with Gasteiger partial charge in [0.1, 0.15) is 0 Å². The van der Waals surface area contributed by atoms with Crippen LogP contribution in [0.25, 0.3) is 0 Å². The number of ether oxygens (including phenoxy) is 1. The van der Waals surface area contributed by atoms with Crippen molar-refractivity contribution < 1.29 is 4.74 Å². The summed E-state index contributed by atoms with van der Waals surface area (Å²) in [6.45, 7) is 3.86. The molecular weight excluding hydrogens is 289 g/mol. The maximum atomic E-state index is 5.32. The first-order valence-electron chi connectivity index (χ1n) is 4.86. The fourth-order valence-electron chi connectivity index (χ4n) is 1.57. The molecule has 1 unspecified atom stereocenters. The molecule has 2 rings (SSSR count). The molecule has 1 fully saturated rings. The topological polar surface area (TPSA) is 21.3 Å². The Labute approximate surface area is 98.2 Å². The molecule has 0 aliphatic carbocycles. The zero-order valence-corrected chi connectivity index (χ0v) is 10.4. The van der Waals surface area contributed by atoms with Gasteiger partial charge in [0.2, 0.25) is 0 Å². The van der Waals surface area contributed by atoms with Crippen LogP contribution in [0.15, 0.2) is 18.2 Å². The van der Waals surface area contributed by atoms with E-state index < -0.39 is 0 Å². The number of hydrogen-bond acceptors (Lipinski definition) is 2. The molecule has 1 aliphatic rings. The third kappa shape index (κ3) is 2.39. The second kappa shape index (κ2) is 4.49. The van der Waals surface area contributed by atoms with Gasteiger partial charge in [-0.1, -0.05) is 6.07 Å². The molecule has 1 N–H and O–H groups in total. The van der Waals surface area contributed by atoms with Gasteiger partial charge < -0.3 is 10.1 Å². The zero-order chi connectivity index (χ0) is 9.97. The van der Waals surface area contributed by atoms with Crippen molar-refractivity contribution in [1.29, 1.82) is 0 Å². The van der Waals surface area contributed by atoms with Gasteiger partial charge in [-0.15, -0.1) is 0 Å². The molecule has 1 aromatic carbocycles. The van der Waals surface area contributed by atoms with E-state index in [4.69, 9.17) is 4.74 Å². The highest BCUT2D eigenvalue weighted by Gasteiger charge is 2.14. The van der Waals surface area contributed by atoms with E-state index in [0.29, 0.717) is 6.04 Å². The number of halogens is 1. The molecule has 1 aliphatic heterocycles. The molecule has 1 saturated heterocycles. The maximum absolute atomic E-state index is 5.32. The number of nitrogens with one attached hydrogen (secondary N) is 1. The van der Waals surface area contributed by atoms with Gasteiger partial charge in [-0.2, -0.15) is 0 Å². The molecular formula is C11H14INO. The highest BCUT2D eigenvalue weighted by atomic mass is 127. The first-order valence-corrected chi connectivity index (χ1v) is 5.94. The first-order chi connectivity index (χ1) is 6.75.